The molecular weight excluding hydrogens is 346 g/mol. The Labute approximate surface area is 154 Å². The Morgan fingerprint density at radius 2 is 2.04 bits per heavy atom. The Morgan fingerprint density at radius 1 is 1.38 bits per heavy atom. The van der Waals surface area contributed by atoms with E-state index in [0.29, 0.717) is 35.8 Å². The normalized spacial score (nSPS) is 19.8. The number of carbonyl (C=O) groups is 2. The number of nitrogens with one attached hydrogen (secondary N) is 1. The van der Waals surface area contributed by atoms with Crippen molar-refractivity contribution >= 4 is 34.9 Å². The van der Waals surface area contributed by atoms with E-state index in [1.165, 1.54) is 5.54 Å². The monoisotopic (exact) mass is 373 g/mol. The number of allylic oxidation sites excluding steroid dienone is 2. The van der Waals surface area contributed by atoms with Crippen LogP contribution in [-0.2, 0) is 14.4 Å². The van der Waals surface area contributed by atoms with E-state index < -0.39 is 0 Å². The molecule has 0 aromatic carbocycles. The molecule has 0 spiro atoms. The fourth-order valence-electron chi connectivity index (χ4n) is 2.97. The molecule has 1 rings (SSSR count). The molecule has 1 aliphatic carbocycles. The van der Waals surface area contributed by atoms with Crippen LogP contribution in [0.4, 0.5) is 0 Å². The van der Waals surface area contributed by atoms with Gasteiger partial charge in [0.2, 0.25) is 0 Å². The molecule has 1 unspecified atom stereocenters. The Morgan fingerprint density at radius 3 is 2.58 bits per heavy atom. The molecule has 1 fully saturated rings. The average Bonchev–Trinajstić information content (AvgIpc) is 2.51. The molecule has 0 radical (unpaired) electrons. The molecule has 0 saturated heterocycles. The van der Waals surface area contributed by atoms with E-state index in [4.69, 9.17) is 16.4 Å². The number of rotatable bonds is 10. The minimum Gasteiger partial charge on any atom is -0.294 e. The maximum Gasteiger partial charge on any atom is 0.168 e. The standard InChI is InChI=1S/C18H28ClNO3S/c1-4-7-15(20-23-9-6-8-19)18-16(21)11-14(12-17(18)22)10-13(3)24-5-2/h6,8,13-14,20H,4-5,7,9-12H2,1-3H3/b8-6+,18-15?. The van der Waals surface area contributed by atoms with E-state index in [1.807, 2.05) is 18.7 Å². The first-order valence-electron chi connectivity index (χ1n) is 8.57. The summed E-state index contributed by atoms with van der Waals surface area (Å²) < 4.78 is 0. The van der Waals surface area contributed by atoms with Gasteiger partial charge in [0.25, 0.3) is 0 Å². The molecule has 0 bridgehead atoms. The van der Waals surface area contributed by atoms with Crippen LogP contribution in [0.15, 0.2) is 22.9 Å². The van der Waals surface area contributed by atoms with Crippen molar-refractivity contribution in [3.8, 4) is 0 Å². The summed E-state index contributed by atoms with van der Waals surface area (Å²) in [5, 5.41) is 0.477. The van der Waals surface area contributed by atoms with Crippen LogP contribution in [0.2, 0.25) is 0 Å². The van der Waals surface area contributed by atoms with Crippen LogP contribution >= 0.6 is 23.4 Å². The van der Waals surface area contributed by atoms with Crippen LogP contribution in [-0.4, -0.2) is 29.2 Å². The van der Waals surface area contributed by atoms with Crippen LogP contribution in [0.25, 0.3) is 0 Å². The first-order valence-corrected chi connectivity index (χ1v) is 10.1. The van der Waals surface area contributed by atoms with Crippen molar-refractivity contribution < 1.29 is 14.4 Å². The molecule has 0 amide bonds. The summed E-state index contributed by atoms with van der Waals surface area (Å²) in [4.78, 5) is 30.4. The van der Waals surface area contributed by atoms with Gasteiger partial charge in [-0.1, -0.05) is 38.8 Å². The van der Waals surface area contributed by atoms with Gasteiger partial charge in [0.05, 0.1) is 17.9 Å². The van der Waals surface area contributed by atoms with Gasteiger partial charge in [0.15, 0.2) is 11.6 Å². The zero-order valence-corrected chi connectivity index (χ0v) is 16.3. The number of hydrogen-bond donors (Lipinski definition) is 1. The predicted molar refractivity (Wildman–Crippen MR) is 101 cm³/mol. The maximum absolute atomic E-state index is 12.5. The lowest BCUT2D eigenvalue weighted by Crippen LogP contribution is -2.31. The zero-order valence-electron chi connectivity index (χ0n) is 14.8. The van der Waals surface area contributed by atoms with Gasteiger partial charge in [0, 0.05) is 23.6 Å². The summed E-state index contributed by atoms with van der Waals surface area (Å²) in [5.41, 5.74) is 5.06. The first kappa shape index (κ1) is 21.3. The van der Waals surface area contributed by atoms with Gasteiger partial charge >= 0.3 is 0 Å². The van der Waals surface area contributed by atoms with Crippen LogP contribution in [0.3, 0.4) is 0 Å². The van der Waals surface area contributed by atoms with Crippen molar-refractivity contribution in [3.63, 3.8) is 0 Å². The van der Waals surface area contributed by atoms with Crippen molar-refractivity contribution in [2.45, 2.75) is 58.1 Å². The number of halogens is 1. The van der Waals surface area contributed by atoms with Gasteiger partial charge in [-0.05, 0) is 30.6 Å². The lowest BCUT2D eigenvalue weighted by Gasteiger charge is -2.26. The van der Waals surface area contributed by atoms with Crippen LogP contribution < -0.4 is 5.48 Å². The largest absolute Gasteiger partial charge is 0.294 e. The third kappa shape index (κ3) is 6.99. The quantitative estimate of drug-likeness (QED) is 0.266. The van der Waals surface area contributed by atoms with E-state index in [9.17, 15) is 9.59 Å². The highest BCUT2D eigenvalue weighted by Gasteiger charge is 2.33. The number of hydroxylamine groups is 1. The van der Waals surface area contributed by atoms with Gasteiger partial charge < -0.3 is 0 Å². The van der Waals surface area contributed by atoms with Gasteiger partial charge in [-0.25, -0.2) is 0 Å². The van der Waals surface area contributed by atoms with Crippen molar-refractivity contribution in [2.75, 3.05) is 12.4 Å². The summed E-state index contributed by atoms with van der Waals surface area (Å²) in [6.45, 7) is 6.57. The maximum atomic E-state index is 12.5. The minimum atomic E-state index is -0.0580. The van der Waals surface area contributed by atoms with Gasteiger partial charge in [-0.3, -0.25) is 19.9 Å². The molecule has 136 valence electrons. The molecule has 0 aliphatic heterocycles. The molecule has 1 aliphatic rings. The summed E-state index contributed by atoms with van der Waals surface area (Å²) in [6.07, 6.45) is 4.89. The molecule has 0 heterocycles. The van der Waals surface area contributed by atoms with Crippen LogP contribution in [0.5, 0.6) is 0 Å². The minimum absolute atomic E-state index is 0.0580. The van der Waals surface area contributed by atoms with E-state index in [-0.39, 0.29) is 24.1 Å². The van der Waals surface area contributed by atoms with Gasteiger partial charge in [-0.2, -0.15) is 11.8 Å². The topological polar surface area (TPSA) is 55.4 Å². The molecule has 24 heavy (non-hydrogen) atoms. The Bertz CT molecular complexity index is 471. The number of ketones is 2. The number of hydrogen-bond acceptors (Lipinski definition) is 5. The average molecular weight is 374 g/mol. The molecule has 4 nitrogen and oxygen atoms in total. The Balaban J connectivity index is 2.78. The highest BCUT2D eigenvalue weighted by molar-refractivity contribution is 7.99. The van der Waals surface area contributed by atoms with Crippen molar-refractivity contribution in [1.29, 1.82) is 0 Å². The lowest BCUT2D eigenvalue weighted by molar-refractivity contribution is -0.125. The van der Waals surface area contributed by atoms with E-state index in [1.54, 1.807) is 6.08 Å². The Kier molecular flexibility index (Phi) is 10.4. The van der Waals surface area contributed by atoms with Crippen molar-refractivity contribution in [1.82, 2.24) is 5.48 Å². The third-order valence-electron chi connectivity index (χ3n) is 3.89. The highest BCUT2D eigenvalue weighted by atomic mass is 35.5. The molecule has 0 aromatic heterocycles. The molecular formula is C18H28ClNO3S. The summed E-state index contributed by atoms with van der Waals surface area (Å²) in [5.74, 6) is 1.10. The molecule has 1 saturated carbocycles. The molecule has 1 atom stereocenters. The summed E-state index contributed by atoms with van der Waals surface area (Å²) >= 11 is 7.32. The second-order valence-electron chi connectivity index (χ2n) is 6.00. The number of thioether (sulfide) groups is 1. The smallest absolute Gasteiger partial charge is 0.168 e. The van der Waals surface area contributed by atoms with Gasteiger partial charge in [0.1, 0.15) is 0 Å². The lowest BCUT2D eigenvalue weighted by atomic mass is 9.80. The Hall–Kier alpha value is -0.780. The van der Waals surface area contributed by atoms with E-state index in [2.05, 4.69) is 19.3 Å². The van der Waals surface area contributed by atoms with Crippen molar-refractivity contribution in [2.24, 2.45) is 5.92 Å². The number of carbonyl (C=O) groups excluding carboxylic acids is 2. The SMILES string of the molecule is CCCC(NOC/C=C/Cl)=C1C(=O)CC(CC(C)SCC)CC1=O. The second kappa shape index (κ2) is 11.7. The van der Waals surface area contributed by atoms with Crippen LogP contribution in [0, 0.1) is 5.92 Å². The van der Waals surface area contributed by atoms with E-state index >= 15 is 0 Å². The zero-order chi connectivity index (χ0) is 17.9. The first-order chi connectivity index (χ1) is 11.5. The van der Waals surface area contributed by atoms with Crippen LogP contribution in [0.1, 0.15) is 52.9 Å². The molecule has 6 heteroatoms. The fraction of sp³-hybridized carbons (Fsp3) is 0.667. The molecule has 1 N–H and O–H groups in total. The number of Topliss-reactive ketones (excluding diaryl/α,β-unsaturated/α-hetero) is 2. The highest BCUT2D eigenvalue weighted by Crippen LogP contribution is 2.31. The second-order valence-corrected chi connectivity index (χ2v) is 7.97. The molecule has 0 aromatic rings. The summed E-state index contributed by atoms with van der Waals surface area (Å²) in [7, 11) is 0. The third-order valence-corrected chi connectivity index (χ3v) is 5.16. The fourth-order valence-corrected chi connectivity index (χ4v) is 4.02. The van der Waals surface area contributed by atoms with Crippen molar-refractivity contribution in [3.05, 3.63) is 22.9 Å². The van der Waals surface area contributed by atoms with Gasteiger partial charge in [-0.15, -0.1) is 0 Å². The van der Waals surface area contributed by atoms with E-state index in [0.717, 1.165) is 18.6 Å². The predicted octanol–water partition coefficient (Wildman–Crippen LogP) is 4.39. The summed E-state index contributed by atoms with van der Waals surface area (Å²) in [6, 6.07) is 0.